The summed E-state index contributed by atoms with van der Waals surface area (Å²) in [5.74, 6) is -0.178. The molecule has 0 spiro atoms. The highest BCUT2D eigenvalue weighted by atomic mass is 35.5. The van der Waals surface area contributed by atoms with Crippen molar-refractivity contribution in [3.63, 3.8) is 0 Å². The first kappa shape index (κ1) is 20.9. The monoisotopic (exact) mass is 437 g/mol. The molecular formula is C21H21Cl2NO3S. The summed E-state index contributed by atoms with van der Waals surface area (Å²) >= 11 is 13.7. The van der Waals surface area contributed by atoms with Crippen molar-refractivity contribution in [2.24, 2.45) is 5.92 Å². The normalized spacial score (nSPS) is 16.1. The lowest BCUT2D eigenvalue weighted by atomic mass is 9.88. The summed E-state index contributed by atoms with van der Waals surface area (Å²) in [4.78, 5) is 26.1. The smallest absolute Gasteiger partial charge is 0.341 e. The predicted octanol–water partition coefficient (Wildman–Crippen LogP) is 6.01. The molecule has 1 atom stereocenters. The molecule has 1 amide bonds. The zero-order valence-electron chi connectivity index (χ0n) is 15.7. The first-order chi connectivity index (χ1) is 13.4. The molecule has 0 aliphatic heterocycles. The van der Waals surface area contributed by atoms with Gasteiger partial charge in [0.15, 0.2) is 0 Å². The standard InChI is InChI=1S/C21H21Cl2NO3S/c1-3-27-21(26)19-14-8-7-12(2)11-17(14)28-20(19)24-18(25)10-9-13-15(22)5-4-6-16(13)23/h4-6,9-10,12H,3,7-8,11H2,1-2H3,(H,24,25)/b10-9+. The molecule has 1 unspecified atom stereocenters. The summed E-state index contributed by atoms with van der Waals surface area (Å²) in [7, 11) is 0. The van der Waals surface area contributed by atoms with Gasteiger partial charge in [-0.2, -0.15) is 0 Å². The van der Waals surface area contributed by atoms with E-state index >= 15 is 0 Å². The number of benzene rings is 1. The largest absolute Gasteiger partial charge is 0.462 e. The maximum Gasteiger partial charge on any atom is 0.341 e. The predicted molar refractivity (Wildman–Crippen MR) is 116 cm³/mol. The number of hydrogen-bond donors (Lipinski definition) is 1. The molecule has 1 aromatic carbocycles. The fourth-order valence-corrected chi connectivity index (χ4v) is 5.17. The van der Waals surface area contributed by atoms with Crippen LogP contribution in [-0.4, -0.2) is 18.5 Å². The Morgan fingerprint density at radius 3 is 2.71 bits per heavy atom. The summed E-state index contributed by atoms with van der Waals surface area (Å²) in [6.07, 6.45) is 5.69. The van der Waals surface area contributed by atoms with Gasteiger partial charge in [-0.3, -0.25) is 4.79 Å². The second kappa shape index (κ2) is 9.12. The summed E-state index contributed by atoms with van der Waals surface area (Å²) < 4.78 is 5.23. The molecule has 4 nitrogen and oxygen atoms in total. The molecule has 2 aromatic rings. The van der Waals surface area contributed by atoms with E-state index in [0.717, 1.165) is 29.7 Å². The second-order valence-corrected chi connectivity index (χ2v) is 8.65. The van der Waals surface area contributed by atoms with Crippen molar-refractivity contribution in [1.29, 1.82) is 0 Å². The van der Waals surface area contributed by atoms with Crippen LogP contribution in [0.25, 0.3) is 6.08 Å². The molecular weight excluding hydrogens is 417 g/mol. The maximum atomic E-state index is 12.5. The number of halogens is 2. The molecule has 0 bridgehead atoms. The van der Waals surface area contributed by atoms with Gasteiger partial charge in [-0.1, -0.05) is 36.2 Å². The van der Waals surface area contributed by atoms with E-state index in [2.05, 4.69) is 12.2 Å². The number of carbonyl (C=O) groups is 2. The number of thiophene rings is 1. The number of hydrogen-bond acceptors (Lipinski definition) is 4. The Morgan fingerprint density at radius 1 is 1.32 bits per heavy atom. The minimum Gasteiger partial charge on any atom is -0.462 e. The van der Waals surface area contributed by atoms with E-state index in [1.165, 1.54) is 17.4 Å². The van der Waals surface area contributed by atoms with Gasteiger partial charge in [-0.05, 0) is 55.9 Å². The van der Waals surface area contributed by atoms with Gasteiger partial charge in [0.1, 0.15) is 5.00 Å². The molecule has 28 heavy (non-hydrogen) atoms. The first-order valence-electron chi connectivity index (χ1n) is 9.15. The van der Waals surface area contributed by atoms with E-state index < -0.39 is 0 Å². The third kappa shape index (κ3) is 4.59. The number of amides is 1. The van der Waals surface area contributed by atoms with Gasteiger partial charge in [0.2, 0.25) is 5.91 Å². The lowest BCUT2D eigenvalue weighted by Crippen LogP contribution is -2.15. The molecule has 1 aliphatic rings. The lowest BCUT2D eigenvalue weighted by Gasteiger charge is -2.18. The third-order valence-corrected chi connectivity index (χ3v) is 6.46. The topological polar surface area (TPSA) is 55.4 Å². The first-order valence-corrected chi connectivity index (χ1v) is 10.7. The lowest BCUT2D eigenvalue weighted by molar-refractivity contribution is -0.111. The number of carbonyl (C=O) groups excluding carboxylic acids is 2. The SMILES string of the molecule is CCOC(=O)c1c(NC(=O)/C=C/c2c(Cl)cccc2Cl)sc2c1CCC(C)C2. The van der Waals surface area contributed by atoms with Crippen molar-refractivity contribution >= 4 is 57.5 Å². The summed E-state index contributed by atoms with van der Waals surface area (Å²) in [6, 6.07) is 5.15. The van der Waals surface area contributed by atoms with Crippen molar-refractivity contribution in [2.75, 3.05) is 11.9 Å². The van der Waals surface area contributed by atoms with Crippen LogP contribution in [0.2, 0.25) is 10.0 Å². The van der Waals surface area contributed by atoms with E-state index in [4.69, 9.17) is 27.9 Å². The molecule has 3 rings (SSSR count). The molecule has 7 heteroatoms. The molecule has 1 aromatic heterocycles. The number of fused-ring (bicyclic) bond motifs is 1. The molecule has 0 fully saturated rings. The van der Waals surface area contributed by atoms with Gasteiger partial charge < -0.3 is 10.1 Å². The van der Waals surface area contributed by atoms with Gasteiger partial charge >= 0.3 is 5.97 Å². The van der Waals surface area contributed by atoms with Crippen LogP contribution < -0.4 is 5.32 Å². The van der Waals surface area contributed by atoms with Gasteiger partial charge in [0, 0.05) is 26.6 Å². The number of rotatable bonds is 5. The van der Waals surface area contributed by atoms with E-state index in [1.54, 1.807) is 31.2 Å². The van der Waals surface area contributed by atoms with Gasteiger partial charge in [-0.15, -0.1) is 11.3 Å². The van der Waals surface area contributed by atoms with Gasteiger partial charge in [0.05, 0.1) is 12.2 Å². The van der Waals surface area contributed by atoms with Crippen molar-refractivity contribution in [2.45, 2.75) is 33.1 Å². The van der Waals surface area contributed by atoms with Crippen molar-refractivity contribution in [1.82, 2.24) is 0 Å². The average molecular weight is 438 g/mol. The number of anilines is 1. The fourth-order valence-electron chi connectivity index (χ4n) is 3.24. The second-order valence-electron chi connectivity index (χ2n) is 6.73. The maximum absolute atomic E-state index is 12.5. The molecule has 1 N–H and O–H groups in total. The van der Waals surface area contributed by atoms with Crippen molar-refractivity contribution in [3.8, 4) is 0 Å². The molecule has 148 valence electrons. The van der Waals surface area contributed by atoms with Crippen LogP contribution >= 0.6 is 34.5 Å². The molecule has 0 saturated heterocycles. The van der Waals surface area contributed by atoms with Gasteiger partial charge in [-0.25, -0.2) is 4.79 Å². The highest BCUT2D eigenvalue weighted by molar-refractivity contribution is 7.17. The molecule has 0 saturated carbocycles. The Morgan fingerprint density at radius 2 is 2.04 bits per heavy atom. The van der Waals surface area contributed by atoms with Gasteiger partial charge in [0.25, 0.3) is 0 Å². The molecule has 0 radical (unpaired) electrons. The molecule has 1 heterocycles. The zero-order valence-corrected chi connectivity index (χ0v) is 18.0. The summed E-state index contributed by atoms with van der Waals surface area (Å²) in [5, 5.41) is 4.30. The van der Waals surface area contributed by atoms with Crippen LogP contribution in [0.1, 0.15) is 46.6 Å². The third-order valence-electron chi connectivity index (χ3n) is 4.63. The average Bonchev–Trinajstić information content (AvgIpc) is 2.98. The van der Waals surface area contributed by atoms with Crippen molar-refractivity contribution in [3.05, 3.63) is 55.9 Å². The van der Waals surface area contributed by atoms with E-state index in [-0.39, 0.29) is 18.5 Å². The van der Waals surface area contributed by atoms with Crippen LogP contribution in [0, 0.1) is 5.92 Å². The Bertz CT molecular complexity index is 916. The quantitative estimate of drug-likeness (QED) is 0.460. The van der Waals surface area contributed by atoms with Crippen molar-refractivity contribution < 1.29 is 14.3 Å². The fraction of sp³-hybridized carbons (Fsp3) is 0.333. The van der Waals surface area contributed by atoms with Crippen LogP contribution in [0.4, 0.5) is 5.00 Å². The van der Waals surface area contributed by atoms with Crippen LogP contribution in [0.3, 0.4) is 0 Å². The van der Waals surface area contributed by atoms with Crippen LogP contribution in [0.5, 0.6) is 0 Å². The Hall–Kier alpha value is -1.82. The van der Waals surface area contributed by atoms with Crippen LogP contribution in [-0.2, 0) is 22.4 Å². The van der Waals surface area contributed by atoms with E-state index in [0.29, 0.717) is 32.1 Å². The minimum atomic E-state index is -0.386. The Labute approximate surface area is 178 Å². The number of ether oxygens (including phenoxy) is 1. The minimum absolute atomic E-state index is 0.290. The molecule has 1 aliphatic carbocycles. The number of esters is 1. The summed E-state index contributed by atoms with van der Waals surface area (Å²) in [6.45, 7) is 4.26. The van der Waals surface area contributed by atoms with Crippen LogP contribution in [0.15, 0.2) is 24.3 Å². The highest BCUT2D eigenvalue weighted by Crippen LogP contribution is 2.40. The Kier molecular flexibility index (Phi) is 6.81. The number of nitrogens with one attached hydrogen (secondary N) is 1. The highest BCUT2D eigenvalue weighted by Gasteiger charge is 2.28. The zero-order chi connectivity index (χ0) is 20.3. The van der Waals surface area contributed by atoms with E-state index in [9.17, 15) is 9.59 Å². The Balaban J connectivity index is 1.86. The summed E-state index contributed by atoms with van der Waals surface area (Å²) in [5.41, 5.74) is 2.08. The van der Waals surface area contributed by atoms with E-state index in [1.807, 2.05) is 0 Å².